The quantitative estimate of drug-likeness (QED) is 0.446. The summed E-state index contributed by atoms with van der Waals surface area (Å²) in [6.45, 7) is 0.0269. The van der Waals surface area contributed by atoms with E-state index in [9.17, 15) is 9.18 Å². The van der Waals surface area contributed by atoms with Crippen molar-refractivity contribution < 1.29 is 23.4 Å². The summed E-state index contributed by atoms with van der Waals surface area (Å²) in [5.41, 5.74) is 0.627. The fourth-order valence-corrected chi connectivity index (χ4v) is 2.67. The minimum absolute atomic E-state index is 0.00339. The maximum absolute atomic E-state index is 13.9. The standard InChI is InChI=1S/C20H13ClFNO4/c1-3-8-26-18-14(21)9-12(11-17(18)25-2)10-16-20(24)27-19(23-16)13-6-4-5-7-15(13)22/h1,4-7,9-11H,8H2,2H3/b16-10-. The van der Waals surface area contributed by atoms with E-state index in [0.29, 0.717) is 17.1 Å². The van der Waals surface area contributed by atoms with Crippen LogP contribution in [0.15, 0.2) is 47.1 Å². The van der Waals surface area contributed by atoms with Crippen LogP contribution in [-0.4, -0.2) is 25.6 Å². The Morgan fingerprint density at radius 2 is 2.15 bits per heavy atom. The lowest BCUT2D eigenvalue weighted by molar-refractivity contribution is -0.129. The number of rotatable bonds is 5. The number of carbonyl (C=O) groups is 1. The molecule has 0 spiro atoms. The van der Waals surface area contributed by atoms with Crippen molar-refractivity contribution in [2.75, 3.05) is 13.7 Å². The second-order valence-electron chi connectivity index (χ2n) is 5.34. The Bertz CT molecular complexity index is 1010. The molecule has 0 amide bonds. The van der Waals surface area contributed by atoms with Gasteiger partial charge in [0.15, 0.2) is 17.2 Å². The fraction of sp³-hybridized carbons (Fsp3) is 0.100. The molecule has 2 aromatic rings. The molecule has 1 aliphatic rings. The van der Waals surface area contributed by atoms with Gasteiger partial charge in [-0.25, -0.2) is 14.2 Å². The summed E-state index contributed by atoms with van der Waals surface area (Å²) in [5, 5.41) is 0.251. The number of hydrogen-bond donors (Lipinski definition) is 0. The predicted molar refractivity (Wildman–Crippen MR) is 99.3 cm³/mol. The van der Waals surface area contributed by atoms with Gasteiger partial charge in [0, 0.05) is 0 Å². The average molecular weight is 386 g/mol. The van der Waals surface area contributed by atoms with Crippen molar-refractivity contribution >= 4 is 29.5 Å². The largest absolute Gasteiger partial charge is 0.493 e. The first-order valence-electron chi connectivity index (χ1n) is 7.74. The molecular weight excluding hydrogens is 373 g/mol. The van der Waals surface area contributed by atoms with E-state index in [-0.39, 0.29) is 28.8 Å². The number of ether oxygens (including phenoxy) is 3. The minimum atomic E-state index is -0.698. The van der Waals surface area contributed by atoms with Crippen molar-refractivity contribution in [2.45, 2.75) is 0 Å². The number of hydrogen-bond acceptors (Lipinski definition) is 5. The van der Waals surface area contributed by atoms with E-state index < -0.39 is 11.8 Å². The van der Waals surface area contributed by atoms with Crippen LogP contribution < -0.4 is 9.47 Å². The smallest absolute Gasteiger partial charge is 0.363 e. The first kappa shape index (κ1) is 18.5. The van der Waals surface area contributed by atoms with Gasteiger partial charge in [-0.15, -0.1) is 6.42 Å². The third-order valence-corrected chi connectivity index (χ3v) is 3.86. The van der Waals surface area contributed by atoms with E-state index in [0.717, 1.165) is 0 Å². The Morgan fingerprint density at radius 1 is 1.37 bits per heavy atom. The molecule has 0 unspecified atom stereocenters. The fourth-order valence-electron chi connectivity index (χ4n) is 2.39. The van der Waals surface area contributed by atoms with Gasteiger partial charge in [0.2, 0.25) is 5.90 Å². The van der Waals surface area contributed by atoms with E-state index in [4.69, 9.17) is 32.2 Å². The van der Waals surface area contributed by atoms with Crippen LogP contribution in [0.3, 0.4) is 0 Å². The molecule has 0 aromatic heterocycles. The zero-order chi connectivity index (χ0) is 19.4. The third kappa shape index (κ3) is 3.94. The third-order valence-electron chi connectivity index (χ3n) is 3.58. The summed E-state index contributed by atoms with van der Waals surface area (Å²) in [6.07, 6.45) is 6.64. The van der Waals surface area contributed by atoms with Crippen molar-refractivity contribution in [1.29, 1.82) is 0 Å². The van der Waals surface area contributed by atoms with E-state index in [2.05, 4.69) is 10.9 Å². The molecule has 0 saturated carbocycles. The normalized spacial score (nSPS) is 14.5. The van der Waals surface area contributed by atoms with Gasteiger partial charge in [-0.2, -0.15) is 0 Å². The molecule has 0 atom stereocenters. The molecule has 0 radical (unpaired) electrons. The van der Waals surface area contributed by atoms with Crippen LogP contribution in [0.5, 0.6) is 11.5 Å². The number of terminal acetylenes is 1. The molecule has 27 heavy (non-hydrogen) atoms. The minimum Gasteiger partial charge on any atom is -0.493 e. The summed E-state index contributed by atoms with van der Waals surface area (Å²) in [7, 11) is 1.45. The highest BCUT2D eigenvalue weighted by Crippen LogP contribution is 2.37. The second kappa shape index (κ2) is 7.94. The number of benzene rings is 2. The van der Waals surface area contributed by atoms with Gasteiger partial charge in [0.1, 0.15) is 12.4 Å². The number of methoxy groups -OCH3 is 1. The van der Waals surface area contributed by atoms with Crippen LogP contribution in [0.1, 0.15) is 11.1 Å². The van der Waals surface area contributed by atoms with Crippen molar-refractivity contribution in [2.24, 2.45) is 4.99 Å². The number of cyclic esters (lactones) is 1. The van der Waals surface area contributed by atoms with Gasteiger partial charge in [-0.05, 0) is 35.9 Å². The lowest BCUT2D eigenvalue weighted by Crippen LogP contribution is -2.07. The van der Waals surface area contributed by atoms with Gasteiger partial charge in [0.25, 0.3) is 0 Å². The molecule has 7 heteroatoms. The Balaban J connectivity index is 1.97. The zero-order valence-electron chi connectivity index (χ0n) is 14.2. The van der Waals surface area contributed by atoms with E-state index in [1.54, 1.807) is 18.2 Å². The van der Waals surface area contributed by atoms with Gasteiger partial charge in [0.05, 0.1) is 17.7 Å². The molecule has 0 saturated heterocycles. The monoisotopic (exact) mass is 385 g/mol. The Kier molecular flexibility index (Phi) is 5.43. The first-order chi connectivity index (χ1) is 13.0. The van der Waals surface area contributed by atoms with Crippen molar-refractivity contribution in [3.63, 3.8) is 0 Å². The highest BCUT2D eigenvalue weighted by molar-refractivity contribution is 6.32. The van der Waals surface area contributed by atoms with Gasteiger partial charge in [-0.3, -0.25) is 0 Å². The topological polar surface area (TPSA) is 57.1 Å². The Labute approximate surface area is 160 Å². The van der Waals surface area contributed by atoms with Crippen molar-refractivity contribution in [3.8, 4) is 23.8 Å². The molecule has 5 nitrogen and oxygen atoms in total. The van der Waals surface area contributed by atoms with Gasteiger partial charge in [-0.1, -0.05) is 29.7 Å². The van der Waals surface area contributed by atoms with Gasteiger partial charge >= 0.3 is 5.97 Å². The molecule has 0 fully saturated rings. The lowest BCUT2D eigenvalue weighted by atomic mass is 10.1. The summed E-state index contributed by atoms with van der Waals surface area (Å²) < 4.78 is 29.6. The van der Waals surface area contributed by atoms with E-state index in [1.807, 2.05) is 0 Å². The first-order valence-corrected chi connectivity index (χ1v) is 8.12. The van der Waals surface area contributed by atoms with Gasteiger partial charge < -0.3 is 14.2 Å². The maximum Gasteiger partial charge on any atom is 0.363 e. The highest BCUT2D eigenvalue weighted by atomic mass is 35.5. The lowest BCUT2D eigenvalue weighted by Gasteiger charge is -2.11. The molecule has 1 heterocycles. The summed E-state index contributed by atoms with van der Waals surface area (Å²) in [5.74, 6) is 1.64. The van der Waals surface area contributed by atoms with Crippen molar-refractivity contribution in [1.82, 2.24) is 0 Å². The molecule has 0 bridgehead atoms. The van der Waals surface area contributed by atoms with Crippen LogP contribution in [0.4, 0.5) is 4.39 Å². The van der Waals surface area contributed by atoms with E-state index in [1.165, 1.54) is 31.4 Å². The zero-order valence-corrected chi connectivity index (χ0v) is 14.9. The van der Waals surface area contributed by atoms with Crippen molar-refractivity contribution in [3.05, 3.63) is 64.1 Å². The molecule has 1 aliphatic heterocycles. The Hall–Kier alpha value is -3.30. The van der Waals surface area contributed by atoms with Crippen LogP contribution in [0.25, 0.3) is 6.08 Å². The molecule has 2 aromatic carbocycles. The van der Waals surface area contributed by atoms with E-state index >= 15 is 0 Å². The van der Waals surface area contributed by atoms with Crippen LogP contribution in [0.2, 0.25) is 5.02 Å². The number of aliphatic imine (C=N–C) groups is 1. The van der Waals surface area contributed by atoms with Crippen LogP contribution >= 0.6 is 11.6 Å². The summed E-state index contributed by atoms with van der Waals surface area (Å²) in [6, 6.07) is 9.05. The highest BCUT2D eigenvalue weighted by Gasteiger charge is 2.26. The number of carbonyl (C=O) groups excluding carboxylic acids is 1. The molecule has 0 N–H and O–H groups in total. The molecule has 0 aliphatic carbocycles. The predicted octanol–water partition coefficient (Wildman–Crippen LogP) is 3.84. The Morgan fingerprint density at radius 3 is 2.85 bits per heavy atom. The summed E-state index contributed by atoms with van der Waals surface area (Å²) >= 11 is 6.21. The molecular formula is C20H13ClFNO4. The van der Waals surface area contributed by atoms with Crippen LogP contribution in [-0.2, 0) is 9.53 Å². The molecule has 136 valence electrons. The summed E-state index contributed by atoms with van der Waals surface area (Å²) in [4.78, 5) is 16.2. The second-order valence-corrected chi connectivity index (χ2v) is 5.75. The van der Waals surface area contributed by atoms with Crippen LogP contribution in [0, 0.1) is 18.2 Å². The number of nitrogens with zero attached hydrogens (tertiary/aromatic N) is 1. The number of esters is 1. The molecule has 3 rings (SSSR count). The maximum atomic E-state index is 13.9. The average Bonchev–Trinajstić information content (AvgIpc) is 3.01. The SMILES string of the molecule is C#CCOc1c(Cl)cc(/C=C2\N=C(c3ccccc3F)OC2=O)cc1OC. The number of halogens is 2.